The van der Waals surface area contributed by atoms with E-state index in [2.05, 4.69) is 6.92 Å². The Morgan fingerprint density at radius 1 is 1.10 bits per heavy atom. The summed E-state index contributed by atoms with van der Waals surface area (Å²) >= 11 is 0. The smallest absolute Gasteiger partial charge is 0.336 e. The molecular weight excluding hydrogens is 368 g/mol. The lowest BCUT2D eigenvalue weighted by Gasteiger charge is -2.59. The van der Waals surface area contributed by atoms with E-state index < -0.39 is 11.0 Å². The summed E-state index contributed by atoms with van der Waals surface area (Å²) in [5, 5.41) is 12.0. The molecule has 4 atom stereocenters. The van der Waals surface area contributed by atoms with Gasteiger partial charge < -0.3 is 14.3 Å². The highest BCUT2D eigenvalue weighted by molar-refractivity contribution is 5.85. The molecule has 0 radical (unpaired) electrons. The van der Waals surface area contributed by atoms with Crippen LogP contribution in [0.2, 0.25) is 0 Å². The van der Waals surface area contributed by atoms with Gasteiger partial charge in [-0.2, -0.15) is 0 Å². The fourth-order valence-corrected chi connectivity index (χ4v) is 5.92. The maximum Gasteiger partial charge on any atom is 0.336 e. The first-order valence-electron chi connectivity index (χ1n) is 10.4. The Morgan fingerprint density at radius 2 is 1.83 bits per heavy atom. The molecule has 2 aliphatic carbocycles. The van der Waals surface area contributed by atoms with Crippen molar-refractivity contribution in [3.8, 4) is 0 Å². The molecule has 2 aliphatic rings. The predicted molar refractivity (Wildman–Crippen MR) is 111 cm³/mol. The van der Waals surface area contributed by atoms with Crippen LogP contribution in [0.25, 0.3) is 11.0 Å². The highest BCUT2D eigenvalue weighted by Crippen LogP contribution is 2.59. The fourth-order valence-electron chi connectivity index (χ4n) is 5.92. The van der Waals surface area contributed by atoms with Crippen LogP contribution < -0.4 is 5.63 Å². The Balaban J connectivity index is 1.62. The molecule has 156 valence electrons. The predicted octanol–water partition coefficient (Wildman–Crippen LogP) is 4.23. The summed E-state index contributed by atoms with van der Waals surface area (Å²) in [5.41, 5.74) is -0.595. The maximum atomic E-state index is 12.6. The lowest BCUT2D eigenvalue weighted by molar-refractivity contribution is -0.225. The zero-order chi connectivity index (χ0) is 21.0. The van der Waals surface area contributed by atoms with E-state index >= 15 is 0 Å². The van der Waals surface area contributed by atoms with Crippen LogP contribution in [0, 0.1) is 16.7 Å². The van der Waals surface area contributed by atoms with E-state index in [-0.39, 0.29) is 23.1 Å². The number of hydrogen-bond donors (Lipinski definition) is 1. The third-order valence-corrected chi connectivity index (χ3v) is 7.48. The highest BCUT2D eigenvalue weighted by Gasteiger charge is 2.61. The molecule has 0 saturated heterocycles. The lowest BCUT2D eigenvalue weighted by atomic mass is 9.48. The molecule has 2 fully saturated rings. The number of aliphatic hydroxyl groups is 1. The van der Waals surface area contributed by atoms with Crippen molar-refractivity contribution in [2.24, 2.45) is 16.7 Å². The molecular formula is C24H30O5. The molecule has 0 aliphatic heterocycles. The number of benzene rings is 1. The first-order valence-corrected chi connectivity index (χ1v) is 10.4. The minimum atomic E-state index is -0.953. The average molecular weight is 398 g/mol. The van der Waals surface area contributed by atoms with E-state index in [9.17, 15) is 14.7 Å². The molecule has 29 heavy (non-hydrogen) atoms. The highest BCUT2D eigenvalue weighted by atomic mass is 16.5. The Kier molecular flexibility index (Phi) is 4.74. The number of Topliss-reactive ketones (excluding diaryl/α,β-unsaturated/α-hetero) is 1. The maximum absolute atomic E-state index is 12.6. The van der Waals surface area contributed by atoms with Crippen LogP contribution in [0.3, 0.4) is 0 Å². The van der Waals surface area contributed by atoms with E-state index in [4.69, 9.17) is 9.15 Å². The Bertz CT molecular complexity index is 1000. The Hall–Kier alpha value is -1.98. The van der Waals surface area contributed by atoms with Crippen LogP contribution >= 0.6 is 0 Å². The van der Waals surface area contributed by atoms with Crippen LogP contribution in [-0.4, -0.2) is 22.6 Å². The van der Waals surface area contributed by atoms with Gasteiger partial charge in [-0.25, -0.2) is 4.79 Å². The summed E-state index contributed by atoms with van der Waals surface area (Å²) < 4.78 is 11.7. The molecule has 2 aromatic rings. The van der Waals surface area contributed by atoms with Gasteiger partial charge in [0.25, 0.3) is 0 Å². The largest absolute Gasteiger partial charge is 0.423 e. The first kappa shape index (κ1) is 20.3. The van der Waals surface area contributed by atoms with Crippen LogP contribution in [-0.2, 0) is 16.1 Å². The number of carbonyl (C=O) groups excluding carboxylic acids is 1. The Labute approximate surface area is 171 Å². The van der Waals surface area contributed by atoms with Crippen molar-refractivity contribution >= 4 is 16.8 Å². The van der Waals surface area contributed by atoms with Gasteiger partial charge in [-0.1, -0.05) is 32.9 Å². The summed E-state index contributed by atoms with van der Waals surface area (Å²) in [5.74, 6) is 0.487. The quantitative estimate of drug-likeness (QED) is 0.783. The lowest BCUT2D eigenvalue weighted by Crippen LogP contribution is -2.63. The number of carbonyl (C=O) groups is 1. The van der Waals surface area contributed by atoms with Gasteiger partial charge in [0.05, 0.1) is 18.3 Å². The fraction of sp³-hybridized carbons (Fsp3) is 0.583. The zero-order valence-electron chi connectivity index (χ0n) is 17.7. The summed E-state index contributed by atoms with van der Waals surface area (Å²) in [6, 6.07) is 8.83. The SMILES string of the molecule is CC1(O)CCC2C(C)(C)C(=O)CCC2(C)C1OCc1ccc2ccc(=O)oc2c1. The van der Waals surface area contributed by atoms with Crippen molar-refractivity contribution in [3.05, 3.63) is 46.3 Å². The van der Waals surface area contributed by atoms with Gasteiger partial charge in [-0.15, -0.1) is 0 Å². The van der Waals surface area contributed by atoms with E-state index in [0.29, 0.717) is 30.8 Å². The molecule has 4 rings (SSSR count). The van der Waals surface area contributed by atoms with Crippen molar-refractivity contribution in [3.63, 3.8) is 0 Å². The first-order chi connectivity index (χ1) is 13.5. The van der Waals surface area contributed by atoms with Crippen LogP contribution in [0.5, 0.6) is 0 Å². The molecule has 0 bridgehead atoms. The normalized spacial score (nSPS) is 34.2. The summed E-state index contributed by atoms with van der Waals surface area (Å²) in [7, 11) is 0. The molecule has 4 unspecified atom stereocenters. The van der Waals surface area contributed by atoms with Gasteiger partial charge in [0.1, 0.15) is 11.4 Å². The van der Waals surface area contributed by atoms with Gasteiger partial charge in [0.2, 0.25) is 0 Å². The minimum absolute atomic E-state index is 0.177. The van der Waals surface area contributed by atoms with E-state index in [1.54, 1.807) is 6.07 Å². The standard InChI is InChI=1S/C24H30O5/c1-22(2)18-9-12-24(4,27)21(23(18,3)11-10-19(22)25)28-14-15-5-6-16-7-8-20(26)29-17(16)13-15/h5-8,13,18,21,27H,9-12,14H2,1-4H3. The van der Waals surface area contributed by atoms with Crippen molar-refractivity contribution in [1.29, 1.82) is 0 Å². The second-order valence-electron chi connectivity index (χ2n) is 9.92. The van der Waals surface area contributed by atoms with Crippen molar-refractivity contribution < 1.29 is 19.1 Å². The molecule has 0 amide bonds. The molecule has 1 N–H and O–H groups in total. The third-order valence-electron chi connectivity index (χ3n) is 7.48. The van der Waals surface area contributed by atoms with E-state index in [1.165, 1.54) is 6.07 Å². The van der Waals surface area contributed by atoms with Gasteiger partial charge in [0.15, 0.2) is 0 Å². The van der Waals surface area contributed by atoms with Crippen molar-refractivity contribution in [2.75, 3.05) is 0 Å². The van der Waals surface area contributed by atoms with Crippen LogP contribution in [0.15, 0.2) is 39.5 Å². The number of ether oxygens (including phenoxy) is 1. The molecule has 2 saturated carbocycles. The molecule has 1 aromatic heterocycles. The third kappa shape index (κ3) is 3.34. The second kappa shape index (κ2) is 6.78. The van der Waals surface area contributed by atoms with Gasteiger partial charge in [-0.05, 0) is 49.8 Å². The van der Waals surface area contributed by atoms with Crippen LogP contribution in [0.1, 0.15) is 58.9 Å². The Morgan fingerprint density at radius 3 is 2.59 bits per heavy atom. The molecule has 1 aromatic carbocycles. The molecule has 1 heterocycles. The topological polar surface area (TPSA) is 76.7 Å². The van der Waals surface area contributed by atoms with Crippen molar-refractivity contribution in [1.82, 2.24) is 0 Å². The average Bonchev–Trinajstić information content (AvgIpc) is 2.64. The zero-order valence-corrected chi connectivity index (χ0v) is 17.7. The van der Waals surface area contributed by atoms with Crippen LogP contribution in [0.4, 0.5) is 0 Å². The summed E-state index contributed by atoms with van der Waals surface area (Å²) in [4.78, 5) is 24.1. The van der Waals surface area contributed by atoms with Gasteiger partial charge in [-0.3, -0.25) is 4.79 Å². The summed E-state index contributed by atoms with van der Waals surface area (Å²) in [6.07, 6.45) is 2.31. The van der Waals surface area contributed by atoms with E-state index in [0.717, 1.165) is 23.8 Å². The minimum Gasteiger partial charge on any atom is -0.423 e. The van der Waals surface area contributed by atoms with Gasteiger partial charge >= 0.3 is 5.63 Å². The number of rotatable bonds is 3. The van der Waals surface area contributed by atoms with Gasteiger partial charge in [0, 0.05) is 28.7 Å². The number of hydrogen-bond acceptors (Lipinski definition) is 5. The van der Waals surface area contributed by atoms with Crippen molar-refractivity contribution in [2.45, 2.75) is 71.7 Å². The van der Waals surface area contributed by atoms with E-state index in [1.807, 2.05) is 39.0 Å². The monoisotopic (exact) mass is 398 g/mol. The molecule has 0 spiro atoms. The number of fused-ring (bicyclic) bond motifs is 2. The molecule has 5 heteroatoms. The molecule has 5 nitrogen and oxygen atoms in total. The number of ketones is 1. The summed E-state index contributed by atoms with van der Waals surface area (Å²) in [6.45, 7) is 8.41. The second-order valence-corrected chi connectivity index (χ2v) is 9.92.